The molecular formula is C25H20ClN3O3. The number of carbonyl (C=O) groups is 1. The number of aromatic nitrogens is 2. The number of methoxy groups -OCH3 is 1. The Morgan fingerprint density at radius 2 is 1.88 bits per heavy atom. The average Bonchev–Trinajstić information content (AvgIpc) is 3.62. The summed E-state index contributed by atoms with van der Waals surface area (Å²) in [5, 5.41) is 14.1. The minimum atomic E-state index is -0.967. The summed E-state index contributed by atoms with van der Waals surface area (Å²) in [7, 11) is 1.61. The summed E-state index contributed by atoms with van der Waals surface area (Å²) < 4.78 is 5.82. The van der Waals surface area contributed by atoms with Crippen LogP contribution in [-0.2, 0) is 0 Å². The number of carboxylic acids is 1. The van der Waals surface area contributed by atoms with Crippen LogP contribution in [0.5, 0.6) is 5.75 Å². The molecule has 1 aliphatic rings. The van der Waals surface area contributed by atoms with E-state index in [2.05, 4.69) is 10.3 Å². The van der Waals surface area contributed by atoms with Gasteiger partial charge in [0.25, 0.3) is 0 Å². The van der Waals surface area contributed by atoms with Gasteiger partial charge in [-0.2, -0.15) is 0 Å². The molecule has 0 amide bonds. The van der Waals surface area contributed by atoms with Crippen molar-refractivity contribution in [3.8, 4) is 28.0 Å². The van der Waals surface area contributed by atoms with E-state index < -0.39 is 5.97 Å². The molecule has 1 heterocycles. The van der Waals surface area contributed by atoms with Crippen LogP contribution >= 0.6 is 11.6 Å². The third kappa shape index (κ3) is 3.85. The number of hydrogen-bond donors (Lipinski definition) is 2. The van der Waals surface area contributed by atoms with E-state index in [1.165, 1.54) is 0 Å². The Balaban J connectivity index is 1.76. The van der Waals surface area contributed by atoms with E-state index in [-0.39, 0.29) is 5.56 Å². The molecule has 0 aliphatic heterocycles. The van der Waals surface area contributed by atoms with Gasteiger partial charge in [-0.05, 0) is 59.9 Å². The number of benzene rings is 3. The van der Waals surface area contributed by atoms with Crippen molar-refractivity contribution in [1.82, 2.24) is 9.97 Å². The van der Waals surface area contributed by atoms with Crippen molar-refractivity contribution in [3.63, 3.8) is 0 Å². The fourth-order valence-corrected chi connectivity index (χ4v) is 3.95. The SMILES string of the molecule is COc1c(-c2ccc(C(=O)O)cc2)cc(-c2cccc(Cl)c2)c2cnc(NC3CC3)nc12. The number of aromatic carboxylic acids is 1. The molecular weight excluding hydrogens is 426 g/mol. The van der Waals surface area contributed by atoms with Gasteiger partial charge in [0.1, 0.15) is 5.52 Å². The zero-order valence-corrected chi connectivity index (χ0v) is 18.1. The van der Waals surface area contributed by atoms with Gasteiger partial charge in [0, 0.05) is 28.2 Å². The molecule has 0 atom stereocenters. The summed E-state index contributed by atoms with van der Waals surface area (Å²) in [5.41, 5.74) is 4.39. The number of nitrogens with zero attached hydrogens (tertiary/aromatic N) is 2. The predicted octanol–water partition coefficient (Wildman–Crippen LogP) is 5.90. The largest absolute Gasteiger partial charge is 0.494 e. The minimum absolute atomic E-state index is 0.224. The summed E-state index contributed by atoms with van der Waals surface area (Å²) in [6.45, 7) is 0. The number of carboxylic acid groups (broad SMARTS) is 1. The van der Waals surface area contributed by atoms with Gasteiger partial charge in [0.05, 0.1) is 12.7 Å². The van der Waals surface area contributed by atoms with Crippen LogP contribution < -0.4 is 10.1 Å². The van der Waals surface area contributed by atoms with Crippen molar-refractivity contribution in [2.24, 2.45) is 0 Å². The molecule has 0 saturated heterocycles. The molecule has 3 aromatic carbocycles. The Morgan fingerprint density at radius 1 is 1.09 bits per heavy atom. The normalized spacial score (nSPS) is 13.2. The smallest absolute Gasteiger partial charge is 0.335 e. The van der Waals surface area contributed by atoms with Crippen molar-refractivity contribution in [2.45, 2.75) is 18.9 Å². The second kappa shape index (κ2) is 8.13. The zero-order valence-electron chi connectivity index (χ0n) is 17.3. The first-order valence-electron chi connectivity index (χ1n) is 10.3. The first-order valence-corrected chi connectivity index (χ1v) is 10.7. The first-order chi connectivity index (χ1) is 15.5. The number of hydrogen-bond acceptors (Lipinski definition) is 5. The molecule has 6 nitrogen and oxygen atoms in total. The van der Waals surface area contributed by atoms with Gasteiger partial charge in [-0.1, -0.05) is 35.9 Å². The summed E-state index contributed by atoms with van der Waals surface area (Å²) >= 11 is 6.28. The lowest BCUT2D eigenvalue weighted by molar-refractivity contribution is 0.0697. The van der Waals surface area contributed by atoms with Gasteiger partial charge in [0.2, 0.25) is 5.95 Å². The third-order valence-electron chi connectivity index (χ3n) is 5.52. The van der Waals surface area contributed by atoms with Crippen molar-refractivity contribution in [1.29, 1.82) is 0 Å². The van der Waals surface area contributed by atoms with Crippen LogP contribution in [0.3, 0.4) is 0 Å². The Hall–Kier alpha value is -3.64. The highest BCUT2D eigenvalue weighted by molar-refractivity contribution is 6.31. The highest BCUT2D eigenvalue weighted by Crippen LogP contribution is 2.42. The Kier molecular flexibility index (Phi) is 5.15. The number of fused-ring (bicyclic) bond motifs is 1. The molecule has 160 valence electrons. The first kappa shape index (κ1) is 20.3. The van der Waals surface area contributed by atoms with E-state index in [1.807, 2.05) is 36.5 Å². The van der Waals surface area contributed by atoms with E-state index in [4.69, 9.17) is 21.3 Å². The van der Waals surface area contributed by atoms with Crippen molar-refractivity contribution in [3.05, 3.63) is 71.4 Å². The van der Waals surface area contributed by atoms with Crippen molar-refractivity contribution in [2.75, 3.05) is 12.4 Å². The van der Waals surface area contributed by atoms with Gasteiger partial charge in [0.15, 0.2) is 5.75 Å². The topological polar surface area (TPSA) is 84.3 Å². The molecule has 0 unspecified atom stereocenters. The quantitative estimate of drug-likeness (QED) is 0.384. The number of anilines is 1. The standard InChI is InChI=1S/C25H20ClN3O3/c1-32-23-20(14-5-7-15(8-6-14)24(30)31)12-19(16-3-2-4-17(26)11-16)21-13-27-25(29-22(21)23)28-18-9-10-18/h2-8,11-13,18H,9-10H2,1H3,(H,30,31)(H,27,28,29). The third-order valence-corrected chi connectivity index (χ3v) is 5.76. The van der Waals surface area contributed by atoms with Crippen LogP contribution in [-0.4, -0.2) is 34.2 Å². The molecule has 7 heteroatoms. The molecule has 1 aliphatic carbocycles. The number of ether oxygens (including phenoxy) is 1. The van der Waals surface area contributed by atoms with E-state index in [1.54, 1.807) is 31.4 Å². The summed E-state index contributed by atoms with van der Waals surface area (Å²) in [4.78, 5) is 20.6. The highest BCUT2D eigenvalue weighted by atomic mass is 35.5. The fraction of sp³-hybridized carbons (Fsp3) is 0.160. The molecule has 1 fully saturated rings. The summed E-state index contributed by atoms with van der Waals surface area (Å²) in [6.07, 6.45) is 4.04. The Labute approximate surface area is 189 Å². The number of rotatable bonds is 6. The molecule has 2 N–H and O–H groups in total. The van der Waals surface area contributed by atoms with Gasteiger partial charge in [-0.15, -0.1) is 0 Å². The van der Waals surface area contributed by atoms with Crippen LogP contribution in [0.2, 0.25) is 5.02 Å². The molecule has 0 spiro atoms. The average molecular weight is 446 g/mol. The predicted molar refractivity (Wildman–Crippen MR) is 126 cm³/mol. The van der Waals surface area contributed by atoms with E-state index in [9.17, 15) is 9.90 Å². The van der Waals surface area contributed by atoms with Crippen LogP contribution in [0, 0.1) is 0 Å². The van der Waals surface area contributed by atoms with Crippen molar-refractivity contribution < 1.29 is 14.6 Å². The molecule has 1 aromatic heterocycles. The van der Waals surface area contributed by atoms with Crippen LogP contribution in [0.1, 0.15) is 23.2 Å². The summed E-state index contributed by atoms with van der Waals surface area (Å²) in [5.74, 6) is 0.203. The van der Waals surface area contributed by atoms with Gasteiger partial charge < -0.3 is 15.2 Å². The zero-order chi connectivity index (χ0) is 22.2. The maximum absolute atomic E-state index is 11.3. The Bertz CT molecular complexity index is 1330. The molecule has 0 bridgehead atoms. The van der Waals surface area contributed by atoms with Crippen LogP contribution in [0.15, 0.2) is 60.8 Å². The second-order valence-electron chi connectivity index (χ2n) is 7.77. The lowest BCUT2D eigenvalue weighted by atomic mass is 9.94. The van der Waals surface area contributed by atoms with Gasteiger partial charge in [-0.25, -0.2) is 14.8 Å². The lowest BCUT2D eigenvalue weighted by Gasteiger charge is -2.16. The van der Waals surface area contributed by atoms with Gasteiger partial charge >= 0.3 is 5.97 Å². The molecule has 32 heavy (non-hydrogen) atoms. The maximum atomic E-state index is 11.3. The molecule has 4 aromatic rings. The lowest BCUT2D eigenvalue weighted by Crippen LogP contribution is -2.06. The van der Waals surface area contributed by atoms with Crippen molar-refractivity contribution >= 4 is 34.4 Å². The molecule has 0 radical (unpaired) electrons. The van der Waals surface area contributed by atoms with E-state index in [0.29, 0.717) is 28.3 Å². The van der Waals surface area contributed by atoms with E-state index >= 15 is 0 Å². The highest BCUT2D eigenvalue weighted by Gasteiger charge is 2.23. The maximum Gasteiger partial charge on any atom is 0.335 e. The Morgan fingerprint density at radius 3 is 2.53 bits per heavy atom. The van der Waals surface area contributed by atoms with Crippen LogP contribution in [0.4, 0.5) is 5.95 Å². The molecule has 5 rings (SSSR count). The minimum Gasteiger partial charge on any atom is -0.494 e. The number of halogens is 1. The van der Waals surface area contributed by atoms with E-state index in [0.717, 1.165) is 40.5 Å². The second-order valence-corrected chi connectivity index (χ2v) is 8.21. The fourth-order valence-electron chi connectivity index (χ4n) is 3.76. The number of nitrogens with one attached hydrogen (secondary N) is 1. The summed E-state index contributed by atoms with van der Waals surface area (Å²) in [6, 6.07) is 16.8. The molecule has 1 saturated carbocycles. The monoisotopic (exact) mass is 445 g/mol. The van der Waals surface area contributed by atoms with Gasteiger partial charge in [-0.3, -0.25) is 0 Å². The van der Waals surface area contributed by atoms with Crippen LogP contribution in [0.25, 0.3) is 33.2 Å².